The highest BCUT2D eigenvalue weighted by atomic mass is 35.5. The van der Waals surface area contributed by atoms with Crippen molar-refractivity contribution >= 4 is 33.9 Å². The van der Waals surface area contributed by atoms with Crippen molar-refractivity contribution in [2.75, 3.05) is 12.4 Å². The first-order chi connectivity index (χ1) is 12.3. The molecule has 0 spiro atoms. The van der Waals surface area contributed by atoms with E-state index in [0.29, 0.717) is 28.2 Å². The molecule has 0 saturated heterocycles. The average Bonchev–Trinajstić information content (AvgIpc) is 2.61. The number of nitrogens with zero attached hydrogens (tertiary/aromatic N) is 2. The summed E-state index contributed by atoms with van der Waals surface area (Å²) in [6, 6.07) is 6.46. The van der Waals surface area contributed by atoms with Crippen LogP contribution in [0.3, 0.4) is 0 Å². The van der Waals surface area contributed by atoms with E-state index in [4.69, 9.17) is 16.3 Å². The maximum atomic E-state index is 13.1. The third kappa shape index (κ3) is 3.22. The van der Waals surface area contributed by atoms with Crippen molar-refractivity contribution in [1.29, 1.82) is 0 Å². The van der Waals surface area contributed by atoms with Crippen molar-refractivity contribution in [1.82, 2.24) is 9.55 Å². The van der Waals surface area contributed by atoms with E-state index in [2.05, 4.69) is 10.3 Å². The number of aromatic nitrogens is 2. The first kappa shape index (κ1) is 18.1. The number of nitrogens with one attached hydrogen (secondary N) is 1. The Hall–Kier alpha value is -2.67. The van der Waals surface area contributed by atoms with E-state index in [0.717, 1.165) is 5.39 Å². The Morgan fingerprint density at radius 2 is 2.00 bits per heavy atom. The maximum absolute atomic E-state index is 13.1. The highest BCUT2D eigenvalue weighted by Gasteiger charge is 2.15. The van der Waals surface area contributed by atoms with Crippen LogP contribution in [0.1, 0.15) is 17.6 Å². The van der Waals surface area contributed by atoms with Gasteiger partial charge in [0.05, 0.1) is 35.8 Å². The normalized spacial score (nSPS) is 11.2. The largest absolute Gasteiger partial charge is 0.497 e. The molecule has 0 bridgehead atoms. The molecule has 0 atom stereocenters. The Kier molecular flexibility index (Phi) is 4.82. The molecule has 26 heavy (non-hydrogen) atoms. The molecular weight excluding hydrogens is 364 g/mol. The first-order valence-corrected chi connectivity index (χ1v) is 8.08. The van der Waals surface area contributed by atoms with Gasteiger partial charge in [-0.15, -0.1) is 0 Å². The van der Waals surface area contributed by atoms with Crippen LogP contribution in [0.15, 0.2) is 35.3 Å². The number of alkyl halides is 2. The Labute approximate surface area is 153 Å². The summed E-state index contributed by atoms with van der Waals surface area (Å²) in [7, 11) is 3.18. The summed E-state index contributed by atoms with van der Waals surface area (Å²) < 4.78 is 32.9. The van der Waals surface area contributed by atoms with Crippen molar-refractivity contribution < 1.29 is 13.5 Å². The van der Waals surface area contributed by atoms with E-state index >= 15 is 0 Å². The number of hydrogen-bond donors (Lipinski definition) is 1. The summed E-state index contributed by atoms with van der Waals surface area (Å²) in [6.45, 7) is 1.72. The third-order valence-electron chi connectivity index (χ3n) is 4.11. The number of methoxy groups -OCH3 is 1. The van der Waals surface area contributed by atoms with Crippen LogP contribution in [-0.2, 0) is 7.05 Å². The van der Waals surface area contributed by atoms with Crippen molar-refractivity contribution in [3.05, 3.63) is 57.1 Å². The van der Waals surface area contributed by atoms with E-state index in [1.54, 1.807) is 32.2 Å². The summed E-state index contributed by atoms with van der Waals surface area (Å²) in [5, 5.41) is 3.58. The summed E-state index contributed by atoms with van der Waals surface area (Å²) >= 11 is 5.72. The number of aryl methyl sites for hydroxylation is 2. The minimum atomic E-state index is -2.73. The molecule has 2 heterocycles. The van der Waals surface area contributed by atoms with Crippen molar-refractivity contribution in [2.45, 2.75) is 13.3 Å². The molecule has 136 valence electrons. The van der Waals surface area contributed by atoms with Crippen LogP contribution < -0.4 is 15.6 Å². The summed E-state index contributed by atoms with van der Waals surface area (Å²) in [4.78, 5) is 16.0. The number of pyridine rings is 2. The number of anilines is 2. The smallest absolute Gasteiger partial charge is 0.266 e. The molecule has 0 saturated carbocycles. The molecule has 1 N–H and O–H groups in total. The molecule has 0 unspecified atom stereocenters. The number of hydrogen-bond acceptors (Lipinski definition) is 4. The molecule has 3 aromatic rings. The zero-order chi connectivity index (χ0) is 19.0. The van der Waals surface area contributed by atoms with Gasteiger partial charge in [-0.1, -0.05) is 11.6 Å². The van der Waals surface area contributed by atoms with Crippen LogP contribution in [0.5, 0.6) is 5.75 Å². The minimum absolute atomic E-state index is 0.121. The topological polar surface area (TPSA) is 56.1 Å². The summed E-state index contributed by atoms with van der Waals surface area (Å²) in [6.07, 6.45) is -1.36. The highest BCUT2D eigenvalue weighted by Crippen LogP contribution is 2.33. The van der Waals surface area contributed by atoms with Gasteiger partial charge in [0.2, 0.25) is 0 Å². The molecule has 3 rings (SSSR count). The predicted octanol–water partition coefficient (Wildman–Crippen LogP) is 4.59. The molecule has 0 aliphatic heterocycles. The van der Waals surface area contributed by atoms with Crippen molar-refractivity contribution in [3.63, 3.8) is 0 Å². The van der Waals surface area contributed by atoms with Gasteiger partial charge in [0.15, 0.2) is 0 Å². The molecule has 2 aromatic heterocycles. The van der Waals surface area contributed by atoms with Gasteiger partial charge in [-0.25, -0.2) is 13.8 Å². The van der Waals surface area contributed by atoms with E-state index < -0.39 is 6.43 Å². The van der Waals surface area contributed by atoms with Crippen LogP contribution in [0, 0.1) is 6.92 Å². The zero-order valence-corrected chi connectivity index (χ0v) is 15.1. The number of benzene rings is 1. The number of rotatable bonds is 4. The molecule has 0 radical (unpaired) electrons. The highest BCUT2D eigenvalue weighted by molar-refractivity contribution is 6.30. The monoisotopic (exact) mass is 379 g/mol. The van der Waals surface area contributed by atoms with Crippen LogP contribution in [-0.4, -0.2) is 16.7 Å². The van der Waals surface area contributed by atoms with Gasteiger partial charge in [-0.05, 0) is 19.1 Å². The maximum Gasteiger partial charge on any atom is 0.266 e. The third-order valence-corrected chi connectivity index (χ3v) is 4.43. The second kappa shape index (κ2) is 6.92. The van der Waals surface area contributed by atoms with Crippen LogP contribution in [0.4, 0.5) is 20.2 Å². The second-order valence-electron chi connectivity index (χ2n) is 5.83. The van der Waals surface area contributed by atoms with E-state index in [1.165, 1.54) is 23.9 Å². The quantitative estimate of drug-likeness (QED) is 0.674. The fourth-order valence-electron chi connectivity index (χ4n) is 2.76. The fourth-order valence-corrected chi connectivity index (χ4v) is 2.94. The summed E-state index contributed by atoms with van der Waals surface area (Å²) in [5.74, 6) is 0.523. The molecule has 0 fully saturated rings. The van der Waals surface area contributed by atoms with Gasteiger partial charge >= 0.3 is 0 Å². The lowest BCUT2D eigenvalue weighted by molar-refractivity contribution is 0.151. The lowest BCUT2D eigenvalue weighted by atomic mass is 10.1. The van der Waals surface area contributed by atoms with E-state index in [1.807, 2.05) is 0 Å². The molecule has 0 aliphatic carbocycles. The predicted molar refractivity (Wildman–Crippen MR) is 98.0 cm³/mol. The van der Waals surface area contributed by atoms with Gasteiger partial charge in [0.1, 0.15) is 10.9 Å². The van der Waals surface area contributed by atoms with Crippen LogP contribution in [0.2, 0.25) is 5.15 Å². The van der Waals surface area contributed by atoms with Gasteiger partial charge in [-0.2, -0.15) is 0 Å². The van der Waals surface area contributed by atoms with Gasteiger partial charge in [0.25, 0.3) is 12.0 Å². The molecule has 1 aromatic carbocycles. The lowest BCUT2D eigenvalue weighted by Crippen LogP contribution is -2.19. The minimum Gasteiger partial charge on any atom is -0.497 e. The average molecular weight is 380 g/mol. The molecular formula is C18H16ClF2N3O2. The first-order valence-electron chi connectivity index (χ1n) is 7.70. The van der Waals surface area contributed by atoms with E-state index in [9.17, 15) is 13.6 Å². The van der Waals surface area contributed by atoms with Crippen LogP contribution >= 0.6 is 11.6 Å². The molecule has 0 aliphatic rings. The summed E-state index contributed by atoms with van der Waals surface area (Å²) in [5.41, 5.74) is 1.69. The Morgan fingerprint density at radius 1 is 1.27 bits per heavy atom. The Bertz CT molecular complexity index is 1050. The van der Waals surface area contributed by atoms with Crippen molar-refractivity contribution in [2.24, 2.45) is 7.05 Å². The standard InChI is InChI=1S/C18H16ClF2N3O2/c1-9-4-12-14(6-11(26-3)7-15(12)24(2)18(9)25)23-10-5-13(17(20)21)16(19)22-8-10/h4-8,17,23H,1-3H3. The fraction of sp³-hybridized carbons (Fsp3) is 0.222. The molecule has 5 nitrogen and oxygen atoms in total. The van der Waals surface area contributed by atoms with Gasteiger partial charge in [-0.3, -0.25) is 4.79 Å². The Morgan fingerprint density at radius 3 is 2.65 bits per heavy atom. The lowest BCUT2D eigenvalue weighted by Gasteiger charge is -2.15. The molecule has 0 amide bonds. The van der Waals surface area contributed by atoms with Crippen LogP contribution in [0.25, 0.3) is 10.9 Å². The van der Waals surface area contributed by atoms with E-state index in [-0.39, 0.29) is 16.3 Å². The number of halogens is 3. The Balaban J connectivity index is 2.19. The van der Waals surface area contributed by atoms with Crippen molar-refractivity contribution in [3.8, 4) is 5.75 Å². The SMILES string of the molecule is COc1cc(Nc2cnc(Cl)c(C(F)F)c2)c2cc(C)c(=O)n(C)c2c1. The zero-order valence-electron chi connectivity index (χ0n) is 14.3. The van der Waals surface area contributed by atoms with Gasteiger partial charge < -0.3 is 14.6 Å². The number of fused-ring (bicyclic) bond motifs is 1. The second-order valence-corrected chi connectivity index (χ2v) is 6.19. The molecule has 8 heteroatoms. The van der Waals surface area contributed by atoms with Gasteiger partial charge in [0, 0.05) is 30.1 Å². The number of ether oxygens (including phenoxy) is 1.